The Bertz CT molecular complexity index is 559. The summed E-state index contributed by atoms with van der Waals surface area (Å²) in [4.78, 5) is 0. The normalized spacial score (nSPS) is 11.6. The first-order chi connectivity index (χ1) is 8.91. The van der Waals surface area contributed by atoms with Gasteiger partial charge in [-0.2, -0.15) is 0 Å². The van der Waals surface area contributed by atoms with E-state index >= 15 is 0 Å². The van der Waals surface area contributed by atoms with Gasteiger partial charge in [-0.25, -0.2) is 4.39 Å². The van der Waals surface area contributed by atoms with Crippen molar-refractivity contribution < 1.29 is 4.39 Å². The molecule has 0 amide bonds. The molecular formula is C18H21F. The van der Waals surface area contributed by atoms with Crippen LogP contribution in [0.25, 0.3) is 11.1 Å². The van der Waals surface area contributed by atoms with Gasteiger partial charge in [0.1, 0.15) is 5.82 Å². The van der Waals surface area contributed by atoms with Crippen LogP contribution in [0.4, 0.5) is 4.39 Å². The minimum absolute atomic E-state index is 0.111. The highest BCUT2D eigenvalue weighted by molar-refractivity contribution is 5.64. The lowest BCUT2D eigenvalue weighted by Gasteiger charge is -2.19. The molecule has 0 saturated heterocycles. The van der Waals surface area contributed by atoms with E-state index in [0.717, 1.165) is 23.1 Å². The molecule has 0 saturated carbocycles. The summed E-state index contributed by atoms with van der Waals surface area (Å²) >= 11 is 0. The molecule has 0 heterocycles. The van der Waals surface area contributed by atoms with Crippen LogP contribution in [0.15, 0.2) is 42.5 Å². The van der Waals surface area contributed by atoms with Crippen LogP contribution in [0.3, 0.4) is 0 Å². The van der Waals surface area contributed by atoms with E-state index < -0.39 is 0 Å². The van der Waals surface area contributed by atoms with Gasteiger partial charge in [0.05, 0.1) is 0 Å². The summed E-state index contributed by atoms with van der Waals surface area (Å²) < 4.78 is 13.8. The van der Waals surface area contributed by atoms with E-state index in [0.29, 0.717) is 0 Å². The Kier molecular flexibility index (Phi) is 3.75. The molecule has 2 aromatic carbocycles. The topological polar surface area (TPSA) is 0 Å². The fraction of sp³-hybridized carbons (Fsp3) is 0.333. The quantitative estimate of drug-likeness (QED) is 0.679. The molecule has 0 fully saturated rings. The van der Waals surface area contributed by atoms with E-state index in [1.165, 1.54) is 5.56 Å². The second-order valence-corrected chi connectivity index (χ2v) is 5.99. The third-order valence-corrected chi connectivity index (χ3v) is 3.52. The van der Waals surface area contributed by atoms with Gasteiger partial charge in [0.15, 0.2) is 0 Å². The summed E-state index contributed by atoms with van der Waals surface area (Å²) in [5.41, 5.74) is 4.22. The molecule has 2 rings (SSSR count). The zero-order valence-electron chi connectivity index (χ0n) is 12.1. The van der Waals surface area contributed by atoms with Gasteiger partial charge in [-0.05, 0) is 40.2 Å². The molecule has 0 radical (unpaired) electrons. The zero-order chi connectivity index (χ0) is 14.0. The highest BCUT2D eigenvalue weighted by Crippen LogP contribution is 2.27. The molecule has 0 unspecified atom stereocenters. The van der Waals surface area contributed by atoms with Crippen LogP contribution in [-0.4, -0.2) is 0 Å². The predicted octanol–water partition coefficient (Wildman–Crippen LogP) is 5.35. The monoisotopic (exact) mass is 256 g/mol. The molecule has 2 aromatic rings. The Balaban J connectivity index is 2.35. The van der Waals surface area contributed by atoms with E-state index in [1.807, 2.05) is 19.1 Å². The van der Waals surface area contributed by atoms with Crippen LogP contribution in [0, 0.1) is 5.82 Å². The van der Waals surface area contributed by atoms with Crippen molar-refractivity contribution in [3.8, 4) is 11.1 Å². The van der Waals surface area contributed by atoms with Gasteiger partial charge in [0.25, 0.3) is 0 Å². The molecule has 0 aliphatic carbocycles. The molecule has 0 N–H and O–H groups in total. The molecule has 0 atom stereocenters. The van der Waals surface area contributed by atoms with Gasteiger partial charge < -0.3 is 0 Å². The van der Waals surface area contributed by atoms with Crippen molar-refractivity contribution in [2.45, 2.75) is 39.5 Å². The summed E-state index contributed by atoms with van der Waals surface area (Å²) in [6.07, 6.45) is 0.731. The predicted molar refractivity (Wildman–Crippen MR) is 79.9 cm³/mol. The van der Waals surface area contributed by atoms with Crippen molar-refractivity contribution >= 4 is 0 Å². The largest absolute Gasteiger partial charge is 0.207 e. The number of hydrogen-bond acceptors (Lipinski definition) is 0. The summed E-state index contributed by atoms with van der Waals surface area (Å²) in [5, 5.41) is 0. The second kappa shape index (κ2) is 5.16. The fourth-order valence-electron chi connectivity index (χ4n) is 2.18. The van der Waals surface area contributed by atoms with Crippen LogP contribution in [-0.2, 0) is 11.8 Å². The van der Waals surface area contributed by atoms with Gasteiger partial charge in [-0.3, -0.25) is 0 Å². The number of rotatable bonds is 2. The standard InChI is InChI=1S/C18H21F/c1-5-13-6-7-15(12-17(13)19)14-8-10-16(11-9-14)18(2,3)4/h6-12H,5H2,1-4H3. The molecule has 0 spiro atoms. The first-order valence-corrected chi connectivity index (χ1v) is 6.81. The van der Waals surface area contributed by atoms with Crippen LogP contribution >= 0.6 is 0 Å². The van der Waals surface area contributed by atoms with Crippen molar-refractivity contribution in [2.24, 2.45) is 0 Å². The van der Waals surface area contributed by atoms with Crippen molar-refractivity contribution in [1.82, 2.24) is 0 Å². The van der Waals surface area contributed by atoms with E-state index in [1.54, 1.807) is 6.07 Å². The number of benzene rings is 2. The number of hydrogen-bond donors (Lipinski definition) is 0. The van der Waals surface area contributed by atoms with Gasteiger partial charge in [0.2, 0.25) is 0 Å². The lowest BCUT2D eigenvalue weighted by molar-refractivity contribution is 0.590. The molecule has 0 aliphatic heterocycles. The molecule has 1 heteroatoms. The average molecular weight is 256 g/mol. The Hall–Kier alpha value is -1.63. The highest BCUT2D eigenvalue weighted by Gasteiger charge is 2.13. The maximum Gasteiger partial charge on any atom is 0.127 e. The van der Waals surface area contributed by atoms with Crippen molar-refractivity contribution in [1.29, 1.82) is 0 Å². The average Bonchev–Trinajstić information content (AvgIpc) is 2.38. The molecule has 0 aromatic heterocycles. The van der Waals surface area contributed by atoms with Crippen molar-refractivity contribution in [3.05, 3.63) is 59.4 Å². The van der Waals surface area contributed by atoms with Gasteiger partial charge >= 0.3 is 0 Å². The van der Waals surface area contributed by atoms with Crippen LogP contribution in [0.5, 0.6) is 0 Å². The molecule has 0 aliphatic rings. The molecule has 0 nitrogen and oxygen atoms in total. The van der Waals surface area contributed by atoms with Gasteiger partial charge in [0, 0.05) is 0 Å². The lowest BCUT2D eigenvalue weighted by Crippen LogP contribution is -2.10. The van der Waals surface area contributed by atoms with Crippen LogP contribution < -0.4 is 0 Å². The molecule has 19 heavy (non-hydrogen) atoms. The summed E-state index contributed by atoms with van der Waals surface area (Å²) in [7, 11) is 0. The first kappa shape index (κ1) is 13.8. The van der Waals surface area contributed by atoms with Crippen molar-refractivity contribution in [3.63, 3.8) is 0 Å². The number of aryl methyl sites for hydroxylation is 1. The summed E-state index contributed by atoms with van der Waals surface area (Å²) in [6, 6.07) is 13.9. The number of halogens is 1. The fourth-order valence-corrected chi connectivity index (χ4v) is 2.18. The van der Waals surface area contributed by atoms with Gasteiger partial charge in [-0.1, -0.05) is 64.1 Å². The van der Waals surface area contributed by atoms with E-state index in [-0.39, 0.29) is 11.2 Å². The SMILES string of the molecule is CCc1ccc(-c2ccc(C(C)(C)C)cc2)cc1F. The maximum absolute atomic E-state index is 13.8. The zero-order valence-corrected chi connectivity index (χ0v) is 12.1. The second-order valence-electron chi connectivity index (χ2n) is 5.99. The molecule has 0 bridgehead atoms. The molecular weight excluding hydrogens is 235 g/mol. The summed E-state index contributed by atoms with van der Waals surface area (Å²) in [6.45, 7) is 8.55. The lowest BCUT2D eigenvalue weighted by atomic mass is 9.86. The summed E-state index contributed by atoms with van der Waals surface area (Å²) in [5.74, 6) is -0.111. The highest BCUT2D eigenvalue weighted by atomic mass is 19.1. The van der Waals surface area contributed by atoms with E-state index in [9.17, 15) is 4.39 Å². The van der Waals surface area contributed by atoms with Crippen LogP contribution in [0.1, 0.15) is 38.8 Å². The Morgan fingerprint density at radius 3 is 1.95 bits per heavy atom. The third kappa shape index (κ3) is 3.04. The first-order valence-electron chi connectivity index (χ1n) is 6.81. The Morgan fingerprint density at radius 2 is 1.47 bits per heavy atom. The van der Waals surface area contributed by atoms with E-state index in [2.05, 4.69) is 45.0 Å². The smallest absolute Gasteiger partial charge is 0.127 e. The van der Waals surface area contributed by atoms with Crippen LogP contribution in [0.2, 0.25) is 0 Å². The Labute approximate surface area is 115 Å². The molecule has 100 valence electrons. The van der Waals surface area contributed by atoms with Gasteiger partial charge in [-0.15, -0.1) is 0 Å². The van der Waals surface area contributed by atoms with Crippen molar-refractivity contribution in [2.75, 3.05) is 0 Å². The van der Waals surface area contributed by atoms with E-state index in [4.69, 9.17) is 0 Å². The third-order valence-electron chi connectivity index (χ3n) is 3.52. The minimum atomic E-state index is -0.111. The Morgan fingerprint density at radius 1 is 0.895 bits per heavy atom. The minimum Gasteiger partial charge on any atom is -0.207 e. The maximum atomic E-state index is 13.8.